The first-order valence-corrected chi connectivity index (χ1v) is 11.7. The summed E-state index contributed by atoms with van der Waals surface area (Å²) in [6.07, 6.45) is 5.15. The molecule has 1 amide bonds. The number of carbonyl (C=O) groups is 1. The van der Waals surface area contributed by atoms with Gasteiger partial charge in [0.1, 0.15) is 11.5 Å². The predicted molar refractivity (Wildman–Crippen MR) is 127 cm³/mol. The summed E-state index contributed by atoms with van der Waals surface area (Å²) in [6.45, 7) is 5.89. The van der Waals surface area contributed by atoms with Crippen molar-refractivity contribution in [1.29, 1.82) is 0 Å². The largest absolute Gasteiger partial charge is 0.340 e. The average molecular weight is 475 g/mol. The van der Waals surface area contributed by atoms with E-state index in [1.807, 2.05) is 33.7 Å². The molecule has 0 unspecified atom stereocenters. The molecule has 4 aromatic rings. The van der Waals surface area contributed by atoms with E-state index in [1.54, 1.807) is 20.0 Å². The molecule has 0 bridgehead atoms. The zero-order valence-electron chi connectivity index (χ0n) is 19.4. The molecule has 6 heterocycles. The van der Waals surface area contributed by atoms with E-state index in [2.05, 4.69) is 19.9 Å². The molecular weight excluding hydrogens is 450 g/mol. The number of rotatable bonds is 3. The van der Waals surface area contributed by atoms with Crippen molar-refractivity contribution in [3.63, 3.8) is 0 Å². The molecule has 2 aliphatic rings. The zero-order chi connectivity index (χ0) is 24.3. The molecule has 35 heavy (non-hydrogen) atoms. The lowest BCUT2D eigenvalue weighted by molar-refractivity contribution is 0.0785. The number of pyridine rings is 2. The summed E-state index contributed by atoms with van der Waals surface area (Å²) in [4.78, 5) is 30.7. The minimum absolute atomic E-state index is 0.121. The van der Waals surface area contributed by atoms with E-state index >= 15 is 0 Å². The fourth-order valence-corrected chi connectivity index (χ4v) is 5.42. The van der Waals surface area contributed by atoms with Gasteiger partial charge in [-0.1, -0.05) is 6.07 Å². The predicted octanol–water partition coefficient (Wildman–Crippen LogP) is 3.89. The van der Waals surface area contributed by atoms with E-state index in [9.17, 15) is 13.6 Å². The SMILES string of the molecule is Cc1nc(N2C[C@H]3CN(C(=O)c4c(-c5ncccc5F)cn5ccccc45)C[C@H]3C2)nc(C)c1F. The molecule has 0 N–H and O–H groups in total. The molecule has 7 nitrogen and oxygen atoms in total. The van der Waals surface area contributed by atoms with Gasteiger partial charge >= 0.3 is 0 Å². The average Bonchev–Trinajstić information content (AvgIpc) is 3.53. The Bertz CT molecular complexity index is 1430. The third kappa shape index (κ3) is 3.53. The number of aryl methyl sites for hydroxylation is 2. The second kappa shape index (κ2) is 8.11. The summed E-state index contributed by atoms with van der Waals surface area (Å²) in [5.41, 5.74) is 2.54. The maximum atomic E-state index is 14.7. The third-order valence-corrected chi connectivity index (χ3v) is 7.14. The summed E-state index contributed by atoms with van der Waals surface area (Å²) in [5.74, 6) is 0.111. The van der Waals surface area contributed by atoms with Crippen LogP contribution in [0.25, 0.3) is 16.8 Å². The molecule has 4 aromatic heterocycles. The van der Waals surface area contributed by atoms with Crippen LogP contribution in [0, 0.1) is 37.3 Å². The molecule has 2 aliphatic heterocycles. The fraction of sp³-hybridized carbons (Fsp3) is 0.308. The van der Waals surface area contributed by atoms with Crippen molar-refractivity contribution in [3.05, 3.63) is 77.5 Å². The van der Waals surface area contributed by atoms with Gasteiger partial charge < -0.3 is 14.2 Å². The van der Waals surface area contributed by atoms with E-state index in [0.717, 1.165) is 5.52 Å². The molecule has 2 atom stereocenters. The van der Waals surface area contributed by atoms with Crippen molar-refractivity contribution in [2.45, 2.75) is 13.8 Å². The quantitative estimate of drug-likeness (QED) is 0.451. The van der Waals surface area contributed by atoms with Gasteiger partial charge in [0.25, 0.3) is 5.91 Å². The van der Waals surface area contributed by atoms with Crippen molar-refractivity contribution in [3.8, 4) is 11.3 Å². The van der Waals surface area contributed by atoms with E-state index in [1.165, 1.54) is 18.3 Å². The molecule has 9 heteroatoms. The Morgan fingerprint density at radius 1 is 0.971 bits per heavy atom. The molecule has 0 spiro atoms. The normalized spacial score (nSPS) is 19.5. The van der Waals surface area contributed by atoms with Crippen LogP contribution < -0.4 is 4.90 Å². The van der Waals surface area contributed by atoms with Gasteiger partial charge in [0.15, 0.2) is 5.82 Å². The standard InChI is InChI=1S/C26H24F2N6O/c1-15-23(28)16(2)31-26(30-15)34-12-17-10-33(11-18(17)13-34)25(35)22-19(24-20(27)6-5-8-29-24)14-32-9-4-3-7-21(22)32/h3-9,14,17-18H,10-13H2,1-2H3/t17-,18+. The van der Waals surface area contributed by atoms with Crippen molar-refractivity contribution >= 4 is 17.4 Å². The minimum Gasteiger partial charge on any atom is -0.340 e. The minimum atomic E-state index is -0.462. The van der Waals surface area contributed by atoms with Gasteiger partial charge in [-0.2, -0.15) is 0 Å². The Kier molecular flexibility index (Phi) is 5.01. The summed E-state index contributed by atoms with van der Waals surface area (Å²) < 4.78 is 30.5. The number of anilines is 1. The van der Waals surface area contributed by atoms with Crippen LogP contribution in [-0.2, 0) is 0 Å². The summed E-state index contributed by atoms with van der Waals surface area (Å²) >= 11 is 0. The van der Waals surface area contributed by atoms with Crippen LogP contribution in [0.3, 0.4) is 0 Å². The number of carbonyl (C=O) groups excluding carboxylic acids is 1. The third-order valence-electron chi connectivity index (χ3n) is 7.14. The Labute approximate surface area is 201 Å². The molecular formula is C26H24F2N6O. The smallest absolute Gasteiger partial charge is 0.256 e. The second-order valence-electron chi connectivity index (χ2n) is 9.39. The molecule has 0 saturated carbocycles. The zero-order valence-corrected chi connectivity index (χ0v) is 19.4. The number of fused-ring (bicyclic) bond motifs is 2. The highest BCUT2D eigenvalue weighted by Gasteiger charge is 2.43. The molecule has 2 fully saturated rings. The highest BCUT2D eigenvalue weighted by molar-refractivity contribution is 6.07. The van der Waals surface area contributed by atoms with Crippen LogP contribution in [0.15, 0.2) is 48.9 Å². The van der Waals surface area contributed by atoms with Crippen LogP contribution >= 0.6 is 0 Å². The van der Waals surface area contributed by atoms with Crippen molar-refractivity contribution in [2.24, 2.45) is 11.8 Å². The molecule has 2 saturated heterocycles. The summed E-state index contributed by atoms with van der Waals surface area (Å²) in [7, 11) is 0. The van der Waals surface area contributed by atoms with E-state index in [0.29, 0.717) is 54.6 Å². The Morgan fingerprint density at radius 2 is 1.69 bits per heavy atom. The number of aromatic nitrogens is 4. The van der Waals surface area contributed by atoms with Gasteiger partial charge in [-0.3, -0.25) is 9.78 Å². The first-order chi connectivity index (χ1) is 16.9. The number of likely N-dealkylation sites (tertiary alicyclic amines) is 1. The van der Waals surface area contributed by atoms with E-state index < -0.39 is 5.82 Å². The molecule has 0 aliphatic carbocycles. The van der Waals surface area contributed by atoms with Crippen LogP contribution in [0.2, 0.25) is 0 Å². The monoisotopic (exact) mass is 474 g/mol. The van der Waals surface area contributed by atoms with Crippen LogP contribution in [0.5, 0.6) is 0 Å². The van der Waals surface area contributed by atoms with Crippen LogP contribution in [0.1, 0.15) is 21.7 Å². The van der Waals surface area contributed by atoms with Crippen LogP contribution in [0.4, 0.5) is 14.7 Å². The highest BCUT2D eigenvalue weighted by Crippen LogP contribution is 2.36. The van der Waals surface area contributed by atoms with Crippen molar-refractivity contribution in [1.82, 2.24) is 24.3 Å². The number of nitrogens with zero attached hydrogens (tertiary/aromatic N) is 6. The van der Waals surface area contributed by atoms with Crippen molar-refractivity contribution < 1.29 is 13.6 Å². The maximum Gasteiger partial charge on any atom is 0.256 e. The number of hydrogen-bond donors (Lipinski definition) is 0. The number of hydrogen-bond acceptors (Lipinski definition) is 5. The number of amides is 1. The first-order valence-electron chi connectivity index (χ1n) is 11.7. The maximum absolute atomic E-state index is 14.7. The topological polar surface area (TPSA) is 66.6 Å². The number of halogens is 2. The lowest BCUT2D eigenvalue weighted by atomic mass is 10.0. The van der Waals surface area contributed by atoms with Crippen LogP contribution in [-0.4, -0.2) is 56.3 Å². The van der Waals surface area contributed by atoms with Crippen molar-refractivity contribution in [2.75, 3.05) is 31.1 Å². The molecule has 0 radical (unpaired) electrons. The summed E-state index contributed by atoms with van der Waals surface area (Å²) in [5, 5.41) is 0. The van der Waals surface area contributed by atoms with Gasteiger partial charge in [0.2, 0.25) is 5.95 Å². The fourth-order valence-electron chi connectivity index (χ4n) is 5.42. The molecule has 178 valence electrons. The lowest BCUT2D eigenvalue weighted by Gasteiger charge is -2.22. The molecule has 0 aromatic carbocycles. The highest BCUT2D eigenvalue weighted by atomic mass is 19.1. The van der Waals surface area contributed by atoms with E-state index in [-0.39, 0.29) is 29.3 Å². The van der Waals surface area contributed by atoms with Gasteiger partial charge in [0.05, 0.1) is 22.5 Å². The van der Waals surface area contributed by atoms with Gasteiger partial charge in [-0.15, -0.1) is 0 Å². The first kappa shape index (κ1) is 21.6. The lowest BCUT2D eigenvalue weighted by Crippen LogP contribution is -2.34. The Balaban J connectivity index is 1.28. The molecule has 6 rings (SSSR count). The second-order valence-corrected chi connectivity index (χ2v) is 9.39. The Morgan fingerprint density at radius 3 is 2.37 bits per heavy atom. The van der Waals surface area contributed by atoms with Gasteiger partial charge in [-0.05, 0) is 38.1 Å². The Hall–Kier alpha value is -3.88. The van der Waals surface area contributed by atoms with Gasteiger partial charge in [0, 0.05) is 62.2 Å². The van der Waals surface area contributed by atoms with Gasteiger partial charge in [-0.25, -0.2) is 18.7 Å². The summed E-state index contributed by atoms with van der Waals surface area (Å²) in [6, 6.07) is 8.50. The van der Waals surface area contributed by atoms with E-state index in [4.69, 9.17) is 0 Å².